The SMILES string of the molecule is Cc1ccoc1C(CCC(C)(C)C)NN. The minimum absolute atomic E-state index is 0.124. The molecule has 0 fully saturated rings. The van der Waals surface area contributed by atoms with E-state index in [1.165, 1.54) is 0 Å². The van der Waals surface area contributed by atoms with Gasteiger partial charge in [-0.3, -0.25) is 5.84 Å². The first-order valence-electron chi connectivity index (χ1n) is 5.44. The lowest BCUT2D eigenvalue weighted by molar-refractivity contribution is 0.311. The second-order valence-corrected chi connectivity index (χ2v) is 5.29. The van der Waals surface area contributed by atoms with E-state index in [9.17, 15) is 0 Å². The highest BCUT2D eigenvalue weighted by Gasteiger charge is 2.19. The van der Waals surface area contributed by atoms with E-state index in [2.05, 4.69) is 26.2 Å². The van der Waals surface area contributed by atoms with Gasteiger partial charge in [-0.2, -0.15) is 0 Å². The van der Waals surface area contributed by atoms with Crippen LogP contribution in [0, 0.1) is 12.3 Å². The molecular weight excluding hydrogens is 188 g/mol. The van der Waals surface area contributed by atoms with Crippen molar-refractivity contribution in [1.29, 1.82) is 0 Å². The van der Waals surface area contributed by atoms with Gasteiger partial charge < -0.3 is 4.42 Å². The summed E-state index contributed by atoms with van der Waals surface area (Å²) >= 11 is 0. The largest absolute Gasteiger partial charge is 0.467 e. The van der Waals surface area contributed by atoms with Crippen molar-refractivity contribution >= 4 is 0 Å². The van der Waals surface area contributed by atoms with Gasteiger partial charge in [0.15, 0.2) is 0 Å². The molecule has 0 spiro atoms. The van der Waals surface area contributed by atoms with Gasteiger partial charge in [-0.15, -0.1) is 0 Å². The Morgan fingerprint density at radius 3 is 2.53 bits per heavy atom. The summed E-state index contributed by atoms with van der Waals surface area (Å²) in [4.78, 5) is 0. The van der Waals surface area contributed by atoms with Crippen molar-refractivity contribution in [2.24, 2.45) is 11.3 Å². The maximum Gasteiger partial charge on any atom is 0.124 e. The zero-order chi connectivity index (χ0) is 11.5. The second kappa shape index (κ2) is 4.81. The standard InChI is InChI=1S/C12H22N2O/c1-9-6-8-15-11(9)10(14-13)5-7-12(2,3)4/h6,8,10,14H,5,7,13H2,1-4H3. The Bertz CT molecular complexity index is 299. The van der Waals surface area contributed by atoms with E-state index in [0.717, 1.165) is 24.2 Å². The molecule has 0 aromatic carbocycles. The number of hydrogen-bond donors (Lipinski definition) is 2. The Morgan fingerprint density at radius 2 is 2.13 bits per heavy atom. The Balaban J connectivity index is 2.61. The molecule has 1 atom stereocenters. The van der Waals surface area contributed by atoms with E-state index in [-0.39, 0.29) is 6.04 Å². The maximum absolute atomic E-state index is 5.55. The quantitative estimate of drug-likeness (QED) is 0.593. The molecule has 15 heavy (non-hydrogen) atoms. The molecule has 0 radical (unpaired) electrons. The first-order valence-corrected chi connectivity index (χ1v) is 5.44. The summed E-state index contributed by atoms with van der Waals surface area (Å²) in [6.07, 6.45) is 3.82. The fourth-order valence-corrected chi connectivity index (χ4v) is 1.61. The van der Waals surface area contributed by atoms with E-state index < -0.39 is 0 Å². The second-order valence-electron chi connectivity index (χ2n) is 5.29. The van der Waals surface area contributed by atoms with E-state index in [4.69, 9.17) is 10.3 Å². The van der Waals surface area contributed by atoms with Crippen molar-refractivity contribution in [3.8, 4) is 0 Å². The molecule has 0 saturated heterocycles. The summed E-state index contributed by atoms with van der Waals surface area (Å²) in [5, 5.41) is 0. The van der Waals surface area contributed by atoms with Crippen molar-refractivity contribution < 1.29 is 4.42 Å². The van der Waals surface area contributed by atoms with E-state index in [0.29, 0.717) is 5.41 Å². The van der Waals surface area contributed by atoms with Gasteiger partial charge in [0.05, 0.1) is 12.3 Å². The predicted octanol–water partition coefficient (Wildman–Crippen LogP) is 2.92. The summed E-state index contributed by atoms with van der Waals surface area (Å²) in [6.45, 7) is 8.74. The average Bonchev–Trinajstić information content (AvgIpc) is 2.52. The third kappa shape index (κ3) is 3.68. The fraction of sp³-hybridized carbons (Fsp3) is 0.667. The Morgan fingerprint density at radius 1 is 1.47 bits per heavy atom. The van der Waals surface area contributed by atoms with Crippen molar-refractivity contribution in [2.45, 2.75) is 46.6 Å². The third-order valence-electron chi connectivity index (χ3n) is 2.60. The topological polar surface area (TPSA) is 51.2 Å². The lowest BCUT2D eigenvalue weighted by Gasteiger charge is -2.22. The minimum atomic E-state index is 0.124. The van der Waals surface area contributed by atoms with Gasteiger partial charge in [-0.1, -0.05) is 20.8 Å². The molecule has 86 valence electrons. The first-order chi connectivity index (χ1) is 6.94. The molecule has 0 amide bonds. The molecule has 0 aliphatic carbocycles. The molecule has 1 heterocycles. The van der Waals surface area contributed by atoms with Crippen LogP contribution in [0.15, 0.2) is 16.7 Å². The number of nitrogens with one attached hydrogen (secondary N) is 1. The highest BCUT2D eigenvalue weighted by atomic mass is 16.3. The zero-order valence-electron chi connectivity index (χ0n) is 10.1. The molecule has 3 nitrogen and oxygen atoms in total. The van der Waals surface area contributed by atoms with Crippen molar-refractivity contribution in [3.05, 3.63) is 23.7 Å². The molecular formula is C12H22N2O. The Kier molecular flexibility index (Phi) is 3.94. The van der Waals surface area contributed by atoms with Gasteiger partial charge >= 0.3 is 0 Å². The summed E-state index contributed by atoms with van der Waals surface area (Å²) in [6, 6.07) is 2.09. The van der Waals surface area contributed by atoms with Gasteiger partial charge in [0, 0.05) is 0 Å². The van der Waals surface area contributed by atoms with Crippen LogP contribution in [-0.2, 0) is 0 Å². The lowest BCUT2D eigenvalue weighted by atomic mass is 9.88. The summed E-state index contributed by atoms with van der Waals surface area (Å²) in [5.74, 6) is 6.51. The summed E-state index contributed by atoms with van der Waals surface area (Å²) < 4.78 is 5.44. The maximum atomic E-state index is 5.55. The number of hydrogen-bond acceptors (Lipinski definition) is 3. The average molecular weight is 210 g/mol. The van der Waals surface area contributed by atoms with Crippen LogP contribution in [0.1, 0.15) is 51.0 Å². The van der Waals surface area contributed by atoms with Crippen LogP contribution < -0.4 is 11.3 Å². The molecule has 1 rings (SSSR count). The summed E-state index contributed by atoms with van der Waals surface area (Å²) in [7, 11) is 0. The van der Waals surface area contributed by atoms with E-state index >= 15 is 0 Å². The molecule has 0 bridgehead atoms. The predicted molar refractivity (Wildman–Crippen MR) is 62.2 cm³/mol. The molecule has 3 heteroatoms. The zero-order valence-corrected chi connectivity index (χ0v) is 10.1. The van der Waals surface area contributed by atoms with Crippen LogP contribution in [0.5, 0.6) is 0 Å². The molecule has 0 aliphatic rings. The molecule has 3 N–H and O–H groups in total. The van der Waals surface area contributed by atoms with Crippen LogP contribution in [0.3, 0.4) is 0 Å². The van der Waals surface area contributed by atoms with Gasteiger partial charge in [0.2, 0.25) is 0 Å². The van der Waals surface area contributed by atoms with Crippen LogP contribution in [0.25, 0.3) is 0 Å². The van der Waals surface area contributed by atoms with Crippen LogP contribution in [0.2, 0.25) is 0 Å². The van der Waals surface area contributed by atoms with Gasteiger partial charge in [0.1, 0.15) is 5.76 Å². The Hall–Kier alpha value is -0.800. The van der Waals surface area contributed by atoms with Gasteiger partial charge in [-0.05, 0) is 36.8 Å². The molecule has 0 aliphatic heterocycles. The van der Waals surface area contributed by atoms with Crippen LogP contribution >= 0.6 is 0 Å². The smallest absolute Gasteiger partial charge is 0.124 e. The Labute approximate surface area is 92.0 Å². The van der Waals surface area contributed by atoms with Crippen LogP contribution in [0.4, 0.5) is 0 Å². The van der Waals surface area contributed by atoms with Gasteiger partial charge in [-0.25, -0.2) is 5.43 Å². The lowest BCUT2D eigenvalue weighted by Crippen LogP contribution is -2.29. The number of nitrogens with two attached hydrogens (primary N) is 1. The van der Waals surface area contributed by atoms with E-state index in [1.807, 2.05) is 13.0 Å². The highest BCUT2D eigenvalue weighted by Crippen LogP contribution is 2.28. The minimum Gasteiger partial charge on any atom is -0.467 e. The number of hydrazine groups is 1. The fourth-order valence-electron chi connectivity index (χ4n) is 1.61. The first kappa shape index (κ1) is 12.3. The molecule has 1 aromatic heterocycles. The monoisotopic (exact) mass is 210 g/mol. The summed E-state index contributed by atoms with van der Waals surface area (Å²) in [5.41, 5.74) is 4.31. The van der Waals surface area contributed by atoms with Crippen molar-refractivity contribution in [1.82, 2.24) is 5.43 Å². The van der Waals surface area contributed by atoms with E-state index in [1.54, 1.807) is 6.26 Å². The molecule has 1 aromatic rings. The van der Waals surface area contributed by atoms with Gasteiger partial charge in [0.25, 0.3) is 0 Å². The molecule has 0 saturated carbocycles. The number of furan rings is 1. The van der Waals surface area contributed by atoms with Crippen molar-refractivity contribution in [2.75, 3.05) is 0 Å². The van der Waals surface area contributed by atoms with Crippen LogP contribution in [-0.4, -0.2) is 0 Å². The molecule has 1 unspecified atom stereocenters. The highest BCUT2D eigenvalue weighted by molar-refractivity contribution is 5.17. The van der Waals surface area contributed by atoms with Crippen molar-refractivity contribution in [3.63, 3.8) is 0 Å². The normalized spacial score (nSPS) is 14.2. The number of aryl methyl sites for hydroxylation is 1. The third-order valence-corrected chi connectivity index (χ3v) is 2.60. The number of rotatable bonds is 4.